The number of hydrogen-bond donors (Lipinski definition) is 3. The summed E-state index contributed by atoms with van der Waals surface area (Å²) in [5, 5.41) is 29.9. The fourth-order valence-corrected chi connectivity index (χ4v) is 3.35. The largest absolute Gasteiger partial charge is 0.462 e. The summed E-state index contributed by atoms with van der Waals surface area (Å²) in [6.45, 7) is -0.140. The zero-order valence-corrected chi connectivity index (χ0v) is 12.8. The van der Waals surface area contributed by atoms with Crippen molar-refractivity contribution >= 4 is 11.0 Å². The van der Waals surface area contributed by atoms with E-state index in [1.807, 2.05) is 6.07 Å². The molecule has 0 radical (unpaired) electrons. The summed E-state index contributed by atoms with van der Waals surface area (Å²) in [6.07, 6.45) is -2.44. The minimum Gasteiger partial charge on any atom is -0.462 e. The van der Waals surface area contributed by atoms with E-state index in [-0.39, 0.29) is 12.2 Å². The SMILES string of the molecule is O=c1oc2cc(O[C@H]3OC[C@@H](O)[C@@H](O)[C@@H]3O)ccc2c2c1CCC2. The maximum atomic E-state index is 12.0. The van der Waals surface area contributed by atoms with E-state index in [4.69, 9.17) is 13.9 Å². The van der Waals surface area contributed by atoms with Crippen LogP contribution in [0.3, 0.4) is 0 Å². The molecule has 1 aromatic heterocycles. The fraction of sp³-hybridized carbons (Fsp3) is 0.471. The molecule has 1 aliphatic carbocycles. The molecule has 128 valence electrons. The van der Waals surface area contributed by atoms with Gasteiger partial charge in [0, 0.05) is 17.0 Å². The van der Waals surface area contributed by atoms with E-state index in [0.29, 0.717) is 11.3 Å². The summed E-state index contributed by atoms with van der Waals surface area (Å²) in [5.41, 5.74) is 1.88. The van der Waals surface area contributed by atoms with Crippen molar-refractivity contribution in [2.45, 2.75) is 43.9 Å². The Bertz CT molecular complexity index is 828. The first-order valence-corrected chi connectivity index (χ1v) is 7.95. The molecule has 7 heteroatoms. The standard InChI is InChI=1S/C17H18O7/c18-12-7-22-17(15(20)14(12)19)23-8-4-5-10-9-2-1-3-11(9)16(21)24-13(10)6-8/h4-6,12,14-15,17-20H,1-3,7H2/t12-,14-,15+,17-/m1/s1. The zero-order chi connectivity index (χ0) is 16.8. The minimum absolute atomic E-state index is 0.140. The highest BCUT2D eigenvalue weighted by atomic mass is 16.7. The Labute approximate surface area is 137 Å². The summed E-state index contributed by atoms with van der Waals surface area (Å²) in [4.78, 5) is 12.0. The topological polar surface area (TPSA) is 109 Å². The first-order valence-electron chi connectivity index (χ1n) is 7.95. The van der Waals surface area contributed by atoms with Gasteiger partial charge in [0.15, 0.2) is 0 Å². The van der Waals surface area contributed by atoms with E-state index in [1.165, 1.54) is 0 Å². The van der Waals surface area contributed by atoms with Crippen LogP contribution in [0.1, 0.15) is 17.5 Å². The molecule has 1 saturated heterocycles. The van der Waals surface area contributed by atoms with Crippen molar-refractivity contribution in [2.24, 2.45) is 0 Å². The average molecular weight is 334 g/mol. The molecular formula is C17H18O7. The molecule has 0 saturated carbocycles. The van der Waals surface area contributed by atoms with Crippen LogP contribution in [0.15, 0.2) is 27.4 Å². The Morgan fingerprint density at radius 1 is 1.08 bits per heavy atom. The predicted molar refractivity (Wildman–Crippen MR) is 82.9 cm³/mol. The Hall–Kier alpha value is -1.93. The van der Waals surface area contributed by atoms with Gasteiger partial charge in [-0.2, -0.15) is 0 Å². The van der Waals surface area contributed by atoms with Gasteiger partial charge >= 0.3 is 5.63 Å². The van der Waals surface area contributed by atoms with Crippen LogP contribution < -0.4 is 10.4 Å². The van der Waals surface area contributed by atoms with E-state index in [0.717, 1.165) is 35.8 Å². The third kappa shape index (κ3) is 2.50. The summed E-state index contributed by atoms with van der Waals surface area (Å²) < 4.78 is 16.1. The maximum Gasteiger partial charge on any atom is 0.339 e. The summed E-state index contributed by atoms with van der Waals surface area (Å²) in [5.74, 6) is 0.344. The van der Waals surface area contributed by atoms with E-state index >= 15 is 0 Å². The zero-order valence-electron chi connectivity index (χ0n) is 12.8. The molecule has 0 unspecified atom stereocenters. The van der Waals surface area contributed by atoms with Gasteiger partial charge < -0.3 is 29.2 Å². The van der Waals surface area contributed by atoms with Crippen LogP contribution in [0.2, 0.25) is 0 Å². The second-order valence-electron chi connectivity index (χ2n) is 6.23. The van der Waals surface area contributed by atoms with Gasteiger partial charge in [-0.25, -0.2) is 4.79 Å². The molecule has 3 N–H and O–H groups in total. The molecule has 7 nitrogen and oxygen atoms in total. The van der Waals surface area contributed by atoms with Crippen LogP contribution in [-0.4, -0.2) is 46.5 Å². The number of aliphatic hydroxyl groups excluding tert-OH is 3. The van der Waals surface area contributed by atoms with Crippen molar-refractivity contribution in [1.29, 1.82) is 0 Å². The minimum atomic E-state index is -1.38. The Balaban J connectivity index is 1.64. The number of rotatable bonds is 2. The molecule has 2 aromatic rings. The average Bonchev–Trinajstić information content (AvgIpc) is 3.06. The smallest absolute Gasteiger partial charge is 0.339 e. The number of fused-ring (bicyclic) bond motifs is 3. The van der Waals surface area contributed by atoms with Crippen molar-refractivity contribution in [3.8, 4) is 5.75 Å². The lowest BCUT2D eigenvalue weighted by molar-refractivity contribution is -0.242. The van der Waals surface area contributed by atoms with Crippen molar-refractivity contribution < 1.29 is 29.2 Å². The summed E-state index contributed by atoms with van der Waals surface area (Å²) >= 11 is 0. The van der Waals surface area contributed by atoms with Crippen LogP contribution in [0, 0.1) is 0 Å². The highest BCUT2D eigenvalue weighted by molar-refractivity contribution is 5.83. The van der Waals surface area contributed by atoms with Crippen molar-refractivity contribution in [3.63, 3.8) is 0 Å². The highest BCUT2D eigenvalue weighted by Gasteiger charge is 2.39. The second kappa shape index (κ2) is 5.86. The molecule has 1 aromatic carbocycles. The van der Waals surface area contributed by atoms with Gasteiger partial charge in [0.1, 0.15) is 29.6 Å². The van der Waals surface area contributed by atoms with Crippen molar-refractivity contribution in [1.82, 2.24) is 0 Å². The normalized spacial score (nSPS) is 29.6. The number of aliphatic hydroxyl groups is 3. The molecule has 4 atom stereocenters. The number of ether oxygens (including phenoxy) is 2. The molecule has 1 aliphatic heterocycles. The van der Waals surface area contributed by atoms with Gasteiger partial charge in [-0.05, 0) is 37.0 Å². The van der Waals surface area contributed by atoms with Crippen LogP contribution in [0.5, 0.6) is 5.75 Å². The van der Waals surface area contributed by atoms with Crippen LogP contribution in [0.4, 0.5) is 0 Å². The van der Waals surface area contributed by atoms with Gasteiger partial charge in [0.05, 0.1) is 6.61 Å². The summed E-state index contributed by atoms with van der Waals surface area (Å²) in [7, 11) is 0. The van der Waals surface area contributed by atoms with E-state index in [9.17, 15) is 20.1 Å². The molecule has 0 bridgehead atoms. The molecule has 0 spiro atoms. The first kappa shape index (κ1) is 15.6. The lowest BCUT2D eigenvalue weighted by Gasteiger charge is -2.34. The van der Waals surface area contributed by atoms with Gasteiger partial charge in [-0.3, -0.25) is 0 Å². The molecular weight excluding hydrogens is 316 g/mol. The lowest BCUT2D eigenvalue weighted by atomic mass is 10.1. The van der Waals surface area contributed by atoms with Gasteiger partial charge in [-0.1, -0.05) is 0 Å². The third-order valence-electron chi connectivity index (χ3n) is 4.65. The van der Waals surface area contributed by atoms with Crippen LogP contribution >= 0.6 is 0 Å². The van der Waals surface area contributed by atoms with Crippen LogP contribution in [0.25, 0.3) is 11.0 Å². The number of benzene rings is 1. The van der Waals surface area contributed by atoms with Crippen molar-refractivity contribution in [2.75, 3.05) is 6.61 Å². The molecule has 1 fully saturated rings. The monoisotopic (exact) mass is 334 g/mol. The quantitative estimate of drug-likeness (QED) is 0.668. The molecule has 4 rings (SSSR count). The summed E-state index contributed by atoms with van der Waals surface area (Å²) in [6, 6.07) is 5.09. The predicted octanol–water partition coefficient (Wildman–Crippen LogP) is 0.0995. The molecule has 2 heterocycles. The van der Waals surface area contributed by atoms with E-state index in [1.54, 1.807) is 12.1 Å². The van der Waals surface area contributed by atoms with E-state index in [2.05, 4.69) is 0 Å². The fourth-order valence-electron chi connectivity index (χ4n) is 3.35. The molecule has 0 amide bonds. The molecule has 2 aliphatic rings. The number of hydrogen-bond acceptors (Lipinski definition) is 7. The van der Waals surface area contributed by atoms with Crippen molar-refractivity contribution in [3.05, 3.63) is 39.7 Å². The Morgan fingerprint density at radius 2 is 1.88 bits per heavy atom. The molecule has 24 heavy (non-hydrogen) atoms. The van der Waals surface area contributed by atoms with Gasteiger partial charge in [0.25, 0.3) is 0 Å². The Morgan fingerprint density at radius 3 is 2.71 bits per heavy atom. The van der Waals surface area contributed by atoms with E-state index < -0.39 is 24.6 Å². The number of aryl methyl sites for hydroxylation is 1. The van der Waals surface area contributed by atoms with Gasteiger partial charge in [-0.15, -0.1) is 0 Å². The van der Waals surface area contributed by atoms with Crippen LogP contribution in [-0.2, 0) is 17.6 Å². The maximum absolute atomic E-state index is 12.0. The highest BCUT2D eigenvalue weighted by Crippen LogP contribution is 2.30. The Kier molecular flexibility index (Phi) is 3.80. The second-order valence-corrected chi connectivity index (χ2v) is 6.23. The third-order valence-corrected chi connectivity index (χ3v) is 4.65. The van der Waals surface area contributed by atoms with Gasteiger partial charge in [0.2, 0.25) is 6.29 Å². The lowest BCUT2D eigenvalue weighted by Crippen LogP contribution is -2.54. The first-order chi connectivity index (χ1) is 11.5.